The third-order valence-corrected chi connectivity index (χ3v) is 7.46. The van der Waals surface area contributed by atoms with E-state index in [0.717, 1.165) is 23.1 Å². The number of fused-ring (bicyclic) bond motifs is 1. The van der Waals surface area contributed by atoms with Crippen LogP contribution in [0.2, 0.25) is 4.34 Å². The summed E-state index contributed by atoms with van der Waals surface area (Å²) in [6.07, 6.45) is 3.54. The number of pyridine rings is 1. The van der Waals surface area contributed by atoms with Crippen LogP contribution in [0.3, 0.4) is 0 Å². The molecule has 2 aliphatic heterocycles. The maximum atomic E-state index is 12.3. The lowest BCUT2D eigenvalue weighted by Crippen LogP contribution is -2.62. The SMILES string of the molecule is Nc1nc(C2(NC(=O)C=O)S[C@H]3CC(=O)N3C(C(=O)O)=C2C[n+]2ccccc2)c(Cl)s1. The number of rotatable bonds is 6. The topological polar surface area (TPSA) is 147 Å². The molecule has 31 heavy (non-hydrogen) atoms. The summed E-state index contributed by atoms with van der Waals surface area (Å²) < 4.78 is 1.81. The number of aldehydes is 1. The number of nitrogens with zero attached hydrogens (tertiary/aromatic N) is 3. The van der Waals surface area contributed by atoms with Crippen LogP contribution >= 0.6 is 34.7 Å². The number of β-lactam (4-membered cyclic amide) rings is 1. The third kappa shape index (κ3) is 3.56. The van der Waals surface area contributed by atoms with Gasteiger partial charge in [0.05, 0.1) is 17.4 Å². The summed E-state index contributed by atoms with van der Waals surface area (Å²) in [7, 11) is 0. The van der Waals surface area contributed by atoms with E-state index < -0.39 is 22.1 Å². The number of thiazole rings is 1. The van der Waals surface area contributed by atoms with Gasteiger partial charge in [0.15, 0.2) is 28.9 Å². The molecule has 10 nitrogen and oxygen atoms in total. The number of thioether (sulfide) groups is 1. The molecule has 160 valence electrons. The zero-order valence-electron chi connectivity index (χ0n) is 15.6. The standard InChI is InChI=1S/C18H14ClN5O5S2/c19-15-14(21-17(20)30-15)18(22-10(26)8-25)9(7-23-4-2-1-3-5-23)13(16(28)29)24-11(27)6-12(24)31-18/h1-5,8,12H,6-7H2,(H3-,20,21,22,26,28,29)/p+1/t12-,18?/m0/s1. The van der Waals surface area contributed by atoms with Gasteiger partial charge in [-0.15, -0.1) is 0 Å². The molecule has 0 bridgehead atoms. The van der Waals surface area contributed by atoms with Gasteiger partial charge in [-0.1, -0.05) is 40.8 Å². The summed E-state index contributed by atoms with van der Waals surface area (Å²) in [4.78, 5) is 51.9. The number of carbonyl (C=O) groups excluding carboxylic acids is 3. The Morgan fingerprint density at radius 3 is 2.68 bits per heavy atom. The number of carboxylic acids is 1. The smallest absolute Gasteiger partial charge is 0.352 e. The van der Waals surface area contributed by atoms with Gasteiger partial charge in [-0.05, 0) is 0 Å². The third-order valence-electron chi connectivity index (χ3n) is 4.83. The van der Waals surface area contributed by atoms with Crippen molar-refractivity contribution < 1.29 is 28.9 Å². The van der Waals surface area contributed by atoms with E-state index in [1.165, 1.54) is 4.90 Å². The first kappa shape index (κ1) is 21.3. The second-order valence-electron chi connectivity index (χ2n) is 6.68. The zero-order valence-corrected chi connectivity index (χ0v) is 18.0. The number of carbonyl (C=O) groups is 4. The number of aliphatic carboxylic acids is 1. The van der Waals surface area contributed by atoms with Crippen molar-refractivity contribution in [2.45, 2.75) is 23.2 Å². The van der Waals surface area contributed by atoms with Crippen molar-refractivity contribution in [2.24, 2.45) is 0 Å². The fourth-order valence-corrected chi connectivity index (χ4v) is 6.42. The molecule has 0 saturated carbocycles. The molecule has 0 spiro atoms. The van der Waals surface area contributed by atoms with E-state index in [4.69, 9.17) is 17.3 Å². The lowest BCUT2D eigenvalue weighted by Gasteiger charge is -2.50. The van der Waals surface area contributed by atoms with Gasteiger partial charge in [0, 0.05) is 12.1 Å². The van der Waals surface area contributed by atoms with Gasteiger partial charge >= 0.3 is 5.97 Å². The lowest BCUT2D eigenvalue weighted by atomic mass is 9.96. The largest absolute Gasteiger partial charge is 0.477 e. The number of anilines is 1. The summed E-state index contributed by atoms with van der Waals surface area (Å²) in [5, 5.41) is 12.2. The molecule has 2 aliphatic rings. The first-order valence-corrected chi connectivity index (χ1v) is 10.9. The minimum atomic E-state index is -1.62. The van der Waals surface area contributed by atoms with Crippen molar-refractivity contribution in [3.63, 3.8) is 0 Å². The Kier molecular flexibility index (Phi) is 5.45. The first-order valence-electron chi connectivity index (χ1n) is 8.87. The van der Waals surface area contributed by atoms with Gasteiger partial charge in [0.25, 0.3) is 5.91 Å². The molecule has 2 aromatic rings. The van der Waals surface area contributed by atoms with Crippen LogP contribution in [-0.2, 0) is 30.6 Å². The Morgan fingerprint density at radius 1 is 1.42 bits per heavy atom. The molecule has 1 fully saturated rings. The van der Waals surface area contributed by atoms with Gasteiger partial charge in [0.1, 0.15) is 15.7 Å². The molecular weight excluding hydrogens is 466 g/mol. The molecule has 2 atom stereocenters. The minimum absolute atomic E-state index is 0.0289. The Morgan fingerprint density at radius 2 is 2.13 bits per heavy atom. The van der Waals surface area contributed by atoms with Crippen molar-refractivity contribution in [1.82, 2.24) is 15.2 Å². The number of hydrogen-bond acceptors (Lipinski definition) is 8. The Bertz CT molecular complexity index is 1140. The minimum Gasteiger partial charge on any atom is -0.477 e. The van der Waals surface area contributed by atoms with Crippen LogP contribution in [-0.4, -0.2) is 44.4 Å². The number of carboxylic acid groups (broad SMARTS) is 1. The molecule has 4 N–H and O–H groups in total. The molecular formula is C18H15ClN5O5S2+. The fraction of sp³-hybridized carbons (Fsp3) is 0.222. The van der Waals surface area contributed by atoms with E-state index in [1.54, 1.807) is 35.2 Å². The summed E-state index contributed by atoms with van der Waals surface area (Å²) in [5.41, 5.74) is 5.79. The van der Waals surface area contributed by atoms with Crippen LogP contribution in [0.4, 0.5) is 5.13 Å². The molecule has 2 aromatic heterocycles. The Labute approximate surface area is 188 Å². The highest BCUT2D eigenvalue weighted by atomic mass is 35.5. The van der Waals surface area contributed by atoms with Crippen LogP contribution in [0.5, 0.6) is 0 Å². The maximum Gasteiger partial charge on any atom is 0.352 e. The molecule has 0 aliphatic carbocycles. The predicted molar refractivity (Wildman–Crippen MR) is 112 cm³/mol. The fourth-order valence-electron chi connectivity index (χ4n) is 3.58. The highest BCUT2D eigenvalue weighted by Crippen LogP contribution is 2.55. The quantitative estimate of drug-likeness (QED) is 0.234. The summed E-state index contributed by atoms with van der Waals surface area (Å²) in [6, 6.07) is 5.27. The van der Waals surface area contributed by atoms with Crippen LogP contribution in [0.1, 0.15) is 12.1 Å². The number of amides is 2. The van der Waals surface area contributed by atoms with Crippen LogP contribution < -0.4 is 15.6 Å². The van der Waals surface area contributed by atoms with Crippen molar-refractivity contribution in [3.05, 3.63) is 51.9 Å². The number of nitrogen functional groups attached to an aromatic ring is 1. The van der Waals surface area contributed by atoms with Gasteiger partial charge in [-0.3, -0.25) is 19.3 Å². The predicted octanol–water partition coefficient (Wildman–Crippen LogP) is 0.478. The highest BCUT2D eigenvalue weighted by Gasteiger charge is 2.58. The summed E-state index contributed by atoms with van der Waals surface area (Å²) in [6.45, 7) is -0.0289. The molecule has 4 rings (SSSR count). The number of nitrogens with one attached hydrogen (secondary N) is 1. The molecule has 13 heteroatoms. The number of aromatic nitrogens is 2. The maximum absolute atomic E-state index is 12.3. The van der Waals surface area contributed by atoms with Crippen molar-refractivity contribution in [3.8, 4) is 0 Å². The second-order valence-corrected chi connectivity index (χ2v) is 9.71. The lowest BCUT2D eigenvalue weighted by molar-refractivity contribution is -0.689. The van der Waals surface area contributed by atoms with Gasteiger partial charge < -0.3 is 16.2 Å². The van der Waals surface area contributed by atoms with Crippen molar-refractivity contribution in [1.29, 1.82) is 0 Å². The molecule has 0 aromatic carbocycles. The van der Waals surface area contributed by atoms with Gasteiger partial charge in [0.2, 0.25) is 12.2 Å². The number of nitrogens with two attached hydrogens (primary N) is 1. The number of halogens is 1. The van der Waals surface area contributed by atoms with Gasteiger partial charge in [-0.2, -0.15) is 0 Å². The molecule has 1 saturated heterocycles. The van der Waals surface area contributed by atoms with Gasteiger partial charge in [-0.25, -0.2) is 14.3 Å². The molecule has 4 heterocycles. The highest BCUT2D eigenvalue weighted by molar-refractivity contribution is 8.01. The molecule has 0 radical (unpaired) electrons. The van der Waals surface area contributed by atoms with E-state index in [1.807, 2.05) is 0 Å². The average molecular weight is 481 g/mol. The van der Waals surface area contributed by atoms with Crippen molar-refractivity contribution in [2.75, 3.05) is 5.73 Å². The summed E-state index contributed by atoms with van der Waals surface area (Å²) >= 11 is 8.43. The Balaban J connectivity index is 2.02. The zero-order chi connectivity index (χ0) is 22.3. The molecule has 1 unspecified atom stereocenters. The summed E-state index contributed by atoms with van der Waals surface area (Å²) in [5.74, 6) is -2.70. The average Bonchev–Trinajstić information content (AvgIpc) is 3.07. The number of hydrogen-bond donors (Lipinski definition) is 3. The van der Waals surface area contributed by atoms with Crippen LogP contribution in [0.15, 0.2) is 41.9 Å². The van der Waals surface area contributed by atoms with E-state index in [0.29, 0.717) is 0 Å². The monoisotopic (exact) mass is 480 g/mol. The van der Waals surface area contributed by atoms with E-state index >= 15 is 0 Å². The van der Waals surface area contributed by atoms with Crippen LogP contribution in [0.25, 0.3) is 0 Å². The molecule has 2 amide bonds. The van der Waals surface area contributed by atoms with Crippen LogP contribution in [0, 0.1) is 0 Å². The van der Waals surface area contributed by atoms with E-state index in [-0.39, 0.29) is 51.6 Å². The Hall–Kier alpha value is -2.96. The normalized spacial score (nSPS) is 22.5. The first-order chi connectivity index (χ1) is 14.8. The van der Waals surface area contributed by atoms with E-state index in [9.17, 15) is 24.3 Å². The van der Waals surface area contributed by atoms with Crippen molar-refractivity contribution >= 4 is 63.9 Å². The second kappa shape index (κ2) is 7.94. The van der Waals surface area contributed by atoms with E-state index in [2.05, 4.69) is 10.3 Å².